The first-order chi connectivity index (χ1) is 19.9. The highest BCUT2D eigenvalue weighted by molar-refractivity contribution is 7.92. The molecule has 42 heavy (non-hydrogen) atoms. The van der Waals surface area contributed by atoms with Crippen molar-refractivity contribution in [2.75, 3.05) is 24.5 Å². The van der Waals surface area contributed by atoms with Gasteiger partial charge in [0, 0.05) is 23.1 Å². The van der Waals surface area contributed by atoms with Crippen molar-refractivity contribution in [3.8, 4) is 5.75 Å². The predicted molar refractivity (Wildman–Crippen MR) is 168 cm³/mol. The van der Waals surface area contributed by atoms with Crippen LogP contribution in [0.2, 0.25) is 10.0 Å². The van der Waals surface area contributed by atoms with Crippen molar-refractivity contribution in [3.63, 3.8) is 0 Å². The van der Waals surface area contributed by atoms with Crippen LogP contribution < -0.4 is 14.4 Å². The van der Waals surface area contributed by atoms with Gasteiger partial charge in [-0.3, -0.25) is 13.9 Å². The second-order valence-electron chi connectivity index (χ2n) is 10.3. The molecule has 0 radical (unpaired) electrons. The molecule has 0 aromatic heterocycles. The van der Waals surface area contributed by atoms with Crippen molar-refractivity contribution in [3.05, 3.63) is 87.9 Å². The lowest BCUT2D eigenvalue weighted by molar-refractivity contribution is -0.140. The Kier molecular flexibility index (Phi) is 11.7. The van der Waals surface area contributed by atoms with Crippen molar-refractivity contribution in [2.24, 2.45) is 5.92 Å². The fourth-order valence-electron chi connectivity index (χ4n) is 4.29. The van der Waals surface area contributed by atoms with E-state index in [-0.39, 0.29) is 29.0 Å². The highest BCUT2D eigenvalue weighted by Gasteiger charge is 2.34. The van der Waals surface area contributed by atoms with Crippen LogP contribution in [0.4, 0.5) is 5.69 Å². The maximum atomic E-state index is 14.2. The number of nitrogens with one attached hydrogen (secondary N) is 1. The number of ether oxygens (including phenoxy) is 1. The minimum Gasteiger partial charge on any atom is -0.497 e. The molecule has 0 bridgehead atoms. The summed E-state index contributed by atoms with van der Waals surface area (Å²) in [6, 6.07) is 16.8. The third kappa shape index (κ3) is 8.40. The van der Waals surface area contributed by atoms with Crippen molar-refractivity contribution < 1.29 is 22.7 Å². The van der Waals surface area contributed by atoms with Gasteiger partial charge in [-0.1, -0.05) is 67.7 Å². The lowest BCUT2D eigenvalue weighted by Crippen LogP contribution is -2.52. The zero-order chi connectivity index (χ0) is 31.0. The number of aryl methyl sites for hydroxylation is 1. The van der Waals surface area contributed by atoms with Crippen molar-refractivity contribution in [1.82, 2.24) is 10.2 Å². The van der Waals surface area contributed by atoms with E-state index in [1.54, 1.807) is 61.5 Å². The third-order valence-corrected chi connectivity index (χ3v) is 9.05. The Morgan fingerprint density at radius 2 is 1.62 bits per heavy atom. The van der Waals surface area contributed by atoms with Gasteiger partial charge in [0.1, 0.15) is 18.3 Å². The standard InChI is InChI=1S/C31H37Cl2N3O5S/c1-6-29(31(38)34-18-21(2)3)35(19-23-9-10-24(32)17-28(23)33)30(37)20-36(25-11-13-26(41-5)14-12-25)42(39,40)27-15-7-22(4)8-16-27/h7-17,21,29H,6,18-20H2,1-5H3,(H,34,38)/t29-/m1/s1. The van der Waals surface area contributed by atoms with Gasteiger partial charge in [-0.2, -0.15) is 0 Å². The molecule has 0 fully saturated rings. The van der Waals surface area contributed by atoms with E-state index < -0.39 is 28.5 Å². The van der Waals surface area contributed by atoms with E-state index in [4.69, 9.17) is 27.9 Å². The Hall–Kier alpha value is -3.27. The van der Waals surface area contributed by atoms with Crippen LogP contribution in [0.15, 0.2) is 71.6 Å². The highest BCUT2D eigenvalue weighted by atomic mass is 35.5. The zero-order valence-electron chi connectivity index (χ0n) is 24.4. The summed E-state index contributed by atoms with van der Waals surface area (Å²) in [5.41, 5.74) is 1.73. The van der Waals surface area contributed by atoms with Crippen LogP contribution in [-0.2, 0) is 26.2 Å². The molecule has 0 aliphatic carbocycles. The summed E-state index contributed by atoms with van der Waals surface area (Å²) >= 11 is 12.6. The summed E-state index contributed by atoms with van der Waals surface area (Å²) in [6.45, 7) is 7.45. The number of carbonyl (C=O) groups is 2. The second-order valence-corrected chi connectivity index (χ2v) is 13.0. The first kappa shape index (κ1) is 33.2. The number of nitrogens with zero attached hydrogens (tertiary/aromatic N) is 2. The minimum absolute atomic E-state index is 0.0243. The van der Waals surface area contributed by atoms with Crippen LogP contribution in [0.3, 0.4) is 0 Å². The van der Waals surface area contributed by atoms with Crippen LogP contribution in [0, 0.1) is 12.8 Å². The topological polar surface area (TPSA) is 96.0 Å². The Morgan fingerprint density at radius 3 is 2.17 bits per heavy atom. The van der Waals surface area contributed by atoms with Gasteiger partial charge in [-0.15, -0.1) is 0 Å². The number of benzene rings is 3. The number of rotatable bonds is 13. The summed E-state index contributed by atoms with van der Waals surface area (Å²) in [5.74, 6) is -0.169. The molecule has 0 heterocycles. The van der Waals surface area contributed by atoms with Gasteiger partial charge in [0.05, 0.1) is 17.7 Å². The van der Waals surface area contributed by atoms with Gasteiger partial charge in [0.2, 0.25) is 11.8 Å². The van der Waals surface area contributed by atoms with Crippen molar-refractivity contribution in [1.29, 1.82) is 0 Å². The summed E-state index contributed by atoms with van der Waals surface area (Å²) < 4.78 is 34.2. The van der Waals surface area contributed by atoms with Crippen LogP contribution in [-0.4, -0.2) is 51.4 Å². The Morgan fingerprint density at radius 1 is 0.976 bits per heavy atom. The highest BCUT2D eigenvalue weighted by Crippen LogP contribution is 2.28. The molecule has 3 aromatic carbocycles. The molecular weight excluding hydrogens is 597 g/mol. The van der Waals surface area contributed by atoms with Gasteiger partial charge in [-0.25, -0.2) is 8.42 Å². The third-order valence-electron chi connectivity index (χ3n) is 6.67. The molecule has 0 spiro atoms. The van der Waals surface area contributed by atoms with E-state index in [1.807, 2.05) is 20.8 Å². The van der Waals surface area contributed by atoms with E-state index >= 15 is 0 Å². The van der Waals surface area contributed by atoms with E-state index in [2.05, 4.69) is 5.32 Å². The molecule has 226 valence electrons. The minimum atomic E-state index is -4.18. The fraction of sp³-hybridized carbons (Fsp3) is 0.355. The molecule has 0 saturated carbocycles. The van der Waals surface area contributed by atoms with E-state index in [0.29, 0.717) is 34.3 Å². The largest absolute Gasteiger partial charge is 0.497 e. The fourth-order valence-corrected chi connectivity index (χ4v) is 6.17. The summed E-state index contributed by atoms with van der Waals surface area (Å²) in [7, 11) is -2.67. The monoisotopic (exact) mass is 633 g/mol. The smallest absolute Gasteiger partial charge is 0.264 e. The number of hydrogen-bond donors (Lipinski definition) is 1. The van der Waals surface area contributed by atoms with Gasteiger partial charge in [0.25, 0.3) is 10.0 Å². The molecule has 0 unspecified atom stereocenters. The maximum Gasteiger partial charge on any atom is 0.264 e. The summed E-state index contributed by atoms with van der Waals surface area (Å²) in [4.78, 5) is 28.9. The van der Waals surface area contributed by atoms with Crippen LogP contribution in [0.1, 0.15) is 38.3 Å². The van der Waals surface area contributed by atoms with Crippen LogP contribution >= 0.6 is 23.2 Å². The van der Waals surface area contributed by atoms with Gasteiger partial charge < -0.3 is 15.0 Å². The molecular formula is C31H37Cl2N3O5S. The molecule has 11 heteroatoms. The molecule has 0 saturated heterocycles. The lowest BCUT2D eigenvalue weighted by Gasteiger charge is -2.33. The molecule has 1 atom stereocenters. The molecule has 3 rings (SSSR count). The maximum absolute atomic E-state index is 14.2. The molecule has 2 amide bonds. The number of anilines is 1. The molecule has 0 aliphatic heterocycles. The predicted octanol–water partition coefficient (Wildman–Crippen LogP) is 6.09. The molecule has 3 aromatic rings. The summed E-state index contributed by atoms with van der Waals surface area (Å²) in [6.07, 6.45) is 0.300. The molecule has 1 N–H and O–H groups in total. The van der Waals surface area contributed by atoms with E-state index in [0.717, 1.165) is 9.87 Å². The zero-order valence-corrected chi connectivity index (χ0v) is 26.8. The van der Waals surface area contributed by atoms with Crippen molar-refractivity contribution in [2.45, 2.75) is 51.6 Å². The summed E-state index contributed by atoms with van der Waals surface area (Å²) in [5, 5.41) is 3.66. The van der Waals surface area contributed by atoms with Crippen LogP contribution in [0.5, 0.6) is 5.75 Å². The van der Waals surface area contributed by atoms with Crippen LogP contribution in [0.25, 0.3) is 0 Å². The lowest BCUT2D eigenvalue weighted by atomic mass is 10.1. The number of hydrogen-bond acceptors (Lipinski definition) is 5. The quantitative estimate of drug-likeness (QED) is 0.246. The number of carbonyl (C=O) groups excluding carboxylic acids is 2. The average Bonchev–Trinajstić information content (AvgIpc) is 2.95. The molecule has 0 aliphatic rings. The van der Waals surface area contributed by atoms with E-state index in [9.17, 15) is 18.0 Å². The molecule has 8 nitrogen and oxygen atoms in total. The first-order valence-corrected chi connectivity index (χ1v) is 15.8. The number of methoxy groups -OCH3 is 1. The first-order valence-electron chi connectivity index (χ1n) is 13.6. The average molecular weight is 635 g/mol. The SMILES string of the molecule is CC[C@H](C(=O)NCC(C)C)N(Cc1ccc(Cl)cc1Cl)C(=O)CN(c1ccc(OC)cc1)S(=O)(=O)c1ccc(C)cc1. The Balaban J connectivity index is 2.07. The van der Waals surface area contributed by atoms with Crippen molar-refractivity contribution >= 4 is 50.7 Å². The second kappa shape index (κ2) is 14.8. The van der Waals surface area contributed by atoms with Gasteiger partial charge in [0.15, 0.2) is 0 Å². The normalized spacial score (nSPS) is 12.1. The number of amides is 2. The Labute approximate surface area is 258 Å². The van der Waals surface area contributed by atoms with Gasteiger partial charge >= 0.3 is 0 Å². The number of halogens is 2. The van der Waals surface area contributed by atoms with Gasteiger partial charge in [-0.05, 0) is 73.4 Å². The Bertz CT molecular complexity index is 1480. The van der Waals surface area contributed by atoms with E-state index in [1.165, 1.54) is 24.1 Å². The number of sulfonamides is 1.